The molecule has 136 valence electrons. The second kappa shape index (κ2) is 7.33. The van der Waals surface area contributed by atoms with Gasteiger partial charge in [-0.2, -0.15) is 0 Å². The minimum atomic E-state index is -0.324. The Kier molecular flexibility index (Phi) is 5.16. The molecule has 0 saturated carbocycles. The van der Waals surface area contributed by atoms with E-state index < -0.39 is 0 Å². The zero-order valence-electron chi connectivity index (χ0n) is 15.3. The Balaban J connectivity index is 2.03. The molecule has 1 aromatic rings. The van der Waals surface area contributed by atoms with Crippen molar-refractivity contribution in [2.45, 2.75) is 26.3 Å². The maximum Gasteiger partial charge on any atom is 0.410 e. The Morgan fingerprint density at radius 1 is 1.24 bits per heavy atom. The smallest absolute Gasteiger partial charge is 0.410 e. The van der Waals surface area contributed by atoms with Gasteiger partial charge in [-0.3, -0.25) is 4.79 Å². The number of benzene rings is 1. The number of ether oxygens (including phenoxy) is 1. The van der Waals surface area contributed by atoms with Crippen LogP contribution < -0.4 is 4.90 Å². The summed E-state index contributed by atoms with van der Waals surface area (Å²) in [6.45, 7) is 6.73. The number of carbonyl (C=O) groups excluding carboxylic acids is 2. The molecular formula is C19H27N3O3. The summed E-state index contributed by atoms with van der Waals surface area (Å²) in [6.07, 6.45) is 0.0167. The van der Waals surface area contributed by atoms with Gasteiger partial charge in [-0.25, -0.2) is 4.79 Å². The van der Waals surface area contributed by atoms with E-state index in [9.17, 15) is 9.59 Å². The zero-order chi connectivity index (χ0) is 18.0. The molecule has 1 fully saturated rings. The number of hydrogen-bond donors (Lipinski definition) is 0. The standard InChI is InChI=1S/C19H27N3O3/c1-4-21-13-14-12-20(3)16-9-7-6-8-15(16)18(14)22(11-10-17(21)23)19(24)25-5-2/h6-9,14,18H,4-5,10-13H2,1-3H3/t14-,18-/m1/s1. The summed E-state index contributed by atoms with van der Waals surface area (Å²) in [6, 6.07) is 8.16. The molecule has 2 atom stereocenters. The fourth-order valence-corrected chi connectivity index (χ4v) is 4.08. The number of anilines is 1. The van der Waals surface area contributed by atoms with Crippen molar-refractivity contribution in [3.05, 3.63) is 29.8 Å². The van der Waals surface area contributed by atoms with Crippen LogP contribution in [0.1, 0.15) is 31.9 Å². The number of carbonyl (C=O) groups is 2. The van der Waals surface area contributed by atoms with Crippen LogP contribution in [-0.4, -0.2) is 61.6 Å². The number of rotatable bonds is 2. The van der Waals surface area contributed by atoms with Crippen LogP contribution in [0.15, 0.2) is 24.3 Å². The first-order chi connectivity index (χ1) is 12.1. The molecule has 0 spiro atoms. The molecule has 2 aliphatic heterocycles. The third kappa shape index (κ3) is 3.30. The number of fused-ring (bicyclic) bond motifs is 3. The fraction of sp³-hybridized carbons (Fsp3) is 0.579. The average molecular weight is 345 g/mol. The first-order valence-corrected chi connectivity index (χ1v) is 9.08. The summed E-state index contributed by atoms with van der Waals surface area (Å²) >= 11 is 0. The number of nitrogens with zero attached hydrogens (tertiary/aromatic N) is 3. The average Bonchev–Trinajstić information content (AvgIpc) is 2.60. The Labute approximate surface area is 149 Å². The van der Waals surface area contributed by atoms with E-state index in [1.807, 2.05) is 30.9 Å². The van der Waals surface area contributed by atoms with Crippen molar-refractivity contribution < 1.29 is 14.3 Å². The molecule has 6 nitrogen and oxygen atoms in total. The van der Waals surface area contributed by atoms with Gasteiger partial charge in [0.1, 0.15) is 0 Å². The Morgan fingerprint density at radius 3 is 2.72 bits per heavy atom. The predicted octanol–water partition coefficient (Wildman–Crippen LogP) is 2.50. The van der Waals surface area contributed by atoms with Crippen molar-refractivity contribution in [2.75, 3.05) is 44.7 Å². The fourth-order valence-electron chi connectivity index (χ4n) is 4.08. The Morgan fingerprint density at radius 2 is 2.00 bits per heavy atom. The van der Waals surface area contributed by atoms with E-state index in [2.05, 4.69) is 24.1 Å². The molecule has 1 aromatic carbocycles. The lowest BCUT2D eigenvalue weighted by molar-refractivity contribution is -0.133. The molecule has 25 heavy (non-hydrogen) atoms. The molecule has 0 aromatic heterocycles. The van der Waals surface area contributed by atoms with E-state index in [0.717, 1.165) is 17.8 Å². The highest BCUT2D eigenvalue weighted by Gasteiger charge is 2.41. The monoisotopic (exact) mass is 345 g/mol. The van der Waals surface area contributed by atoms with Crippen LogP contribution in [0.4, 0.5) is 10.5 Å². The second-order valence-corrected chi connectivity index (χ2v) is 6.72. The van der Waals surface area contributed by atoms with E-state index in [4.69, 9.17) is 4.74 Å². The summed E-state index contributed by atoms with van der Waals surface area (Å²) in [5, 5.41) is 0. The molecule has 6 heteroatoms. The molecule has 0 radical (unpaired) electrons. The van der Waals surface area contributed by atoms with Gasteiger partial charge in [0.05, 0.1) is 12.6 Å². The third-order valence-electron chi connectivity index (χ3n) is 5.22. The summed E-state index contributed by atoms with van der Waals surface area (Å²) in [4.78, 5) is 31.0. The summed E-state index contributed by atoms with van der Waals surface area (Å²) in [5.74, 6) is 0.269. The minimum absolute atomic E-state index is 0.0615. The number of hydrogen-bond acceptors (Lipinski definition) is 4. The minimum Gasteiger partial charge on any atom is -0.450 e. The molecule has 0 aliphatic carbocycles. The molecule has 0 N–H and O–H groups in total. The quantitative estimate of drug-likeness (QED) is 0.826. The van der Waals surface area contributed by atoms with Crippen molar-refractivity contribution in [3.63, 3.8) is 0 Å². The Hall–Kier alpha value is -2.24. The maximum absolute atomic E-state index is 12.6. The van der Waals surface area contributed by atoms with Gasteiger partial charge in [-0.05, 0) is 25.5 Å². The molecule has 0 unspecified atom stereocenters. The van der Waals surface area contributed by atoms with Crippen LogP contribution in [-0.2, 0) is 9.53 Å². The number of para-hydroxylation sites is 1. The highest BCUT2D eigenvalue weighted by atomic mass is 16.6. The van der Waals surface area contributed by atoms with Crippen LogP contribution in [0, 0.1) is 5.92 Å². The van der Waals surface area contributed by atoms with Crippen LogP contribution >= 0.6 is 0 Å². The van der Waals surface area contributed by atoms with Crippen LogP contribution in [0.25, 0.3) is 0 Å². The van der Waals surface area contributed by atoms with Crippen LogP contribution in [0.3, 0.4) is 0 Å². The molecule has 1 saturated heterocycles. The van der Waals surface area contributed by atoms with E-state index in [-0.39, 0.29) is 24.0 Å². The Bertz CT molecular complexity index is 649. The van der Waals surface area contributed by atoms with Crippen LogP contribution in [0.5, 0.6) is 0 Å². The zero-order valence-corrected chi connectivity index (χ0v) is 15.3. The van der Waals surface area contributed by atoms with Gasteiger partial charge in [0.25, 0.3) is 0 Å². The SMILES string of the molecule is CCOC(=O)N1CCC(=O)N(CC)C[C@H]2CN(C)c3ccccc3[C@@H]21. The molecule has 3 rings (SSSR count). The maximum atomic E-state index is 12.6. The highest BCUT2D eigenvalue weighted by molar-refractivity contribution is 5.78. The molecular weight excluding hydrogens is 318 g/mol. The van der Waals surface area contributed by atoms with Gasteiger partial charge in [-0.1, -0.05) is 18.2 Å². The van der Waals surface area contributed by atoms with Gasteiger partial charge in [-0.15, -0.1) is 0 Å². The van der Waals surface area contributed by atoms with Crippen molar-refractivity contribution in [2.24, 2.45) is 5.92 Å². The topological polar surface area (TPSA) is 53.1 Å². The predicted molar refractivity (Wildman–Crippen MR) is 96.5 cm³/mol. The van der Waals surface area contributed by atoms with Crippen molar-refractivity contribution in [3.8, 4) is 0 Å². The van der Waals surface area contributed by atoms with E-state index in [1.165, 1.54) is 0 Å². The molecule has 2 aliphatic rings. The largest absolute Gasteiger partial charge is 0.450 e. The normalized spacial score (nSPS) is 23.5. The van der Waals surface area contributed by atoms with Gasteiger partial charge in [0.15, 0.2) is 0 Å². The van der Waals surface area contributed by atoms with Gasteiger partial charge >= 0.3 is 6.09 Å². The summed E-state index contributed by atoms with van der Waals surface area (Å²) < 4.78 is 5.31. The number of amides is 2. The summed E-state index contributed by atoms with van der Waals surface area (Å²) in [5.41, 5.74) is 2.28. The lowest BCUT2D eigenvalue weighted by Gasteiger charge is -2.46. The highest BCUT2D eigenvalue weighted by Crippen LogP contribution is 2.41. The second-order valence-electron chi connectivity index (χ2n) is 6.72. The van der Waals surface area contributed by atoms with Gasteiger partial charge < -0.3 is 19.4 Å². The molecule has 2 amide bonds. The first-order valence-electron chi connectivity index (χ1n) is 9.08. The summed E-state index contributed by atoms with van der Waals surface area (Å²) in [7, 11) is 2.07. The lowest BCUT2D eigenvalue weighted by Crippen LogP contribution is -2.53. The molecule has 2 heterocycles. The van der Waals surface area contributed by atoms with Crippen LogP contribution in [0.2, 0.25) is 0 Å². The van der Waals surface area contributed by atoms with Crippen molar-refractivity contribution in [1.29, 1.82) is 0 Å². The lowest BCUT2D eigenvalue weighted by atomic mass is 9.85. The van der Waals surface area contributed by atoms with Gasteiger partial charge in [0.2, 0.25) is 5.91 Å². The van der Waals surface area contributed by atoms with Gasteiger partial charge in [0, 0.05) is 51.3 Å². The molecule has 0 bridgehead atoms. The van der Waals surface area contributed by atoms with Crippen molar-refractivity contribution in [1.82, 2.24) is 9.80 Å². The van der Waals surface area contributed by atoms with E-state index in [0.29, 0.717) is 32.7 Å². The van der Waals surface area contributed by atoms with E-state index in [1.54, 1.807) is 4.90 Å². The van der Waals surface area contributed by atoms with E-state index >= 15 is 0 Å². The first kappa shape index (κ1) is 17.6. The van der Waals surface area contributed by atoms with Crippen molar-refractivity contribution >= 4 is 17.7 Å². The third-order valence-corrected chi connectivity index (χ3v) is 5.22.